The first-order valence-corrected chi connectivity index (χ1v) is 13.2. The van der Waals surface area contributed by atoms with Gasteiger partial charge in [-0.2, -0.15) is 15.1 Å². The van der Waals surface area contributed by atoms with E-state index in [0.717, 1.165) is 36.1 Å². The van der Waals surface area contributed by atoms with E-state index < -0.39 is 0 Å². The molecule has 1 fully saturated rings. The van der Waals surface area contributed by atoms with Crippen LogP contribution in [-0.2, 0) is 22.5 Å². The number of carbonyl (C=O) groups is 1. The molecule has 0 spiro atoms. The summed E-state index contributed by atoms with van der Waals surface area (Å²) in [5, 5.41) is 15.4. The Morgan fingerprint density at radius 2 is 1.77 bits per heavy atom. The summed E-state index contributed by atoms with van der Waals surface area (Å²) in [5.74, 6) is 1.03. The zero-order valence-electron chi connectivity index (χ0n) is 22.0. The third-order valence-electron chi connectivity index (χ3n) is 7.10. The molecule has 11 heteroatoms. The number of phenolic OH excluding ortho intramolecular Hbond substituents is 1. The van der Waals surface area contributed by atoms with Crippen molar-refractivity contribution in [3.63, 3.8) is 0 Å². The molecule has 1 saturated heterocycles. The molecule has 1 aliphatic heterocycles. The maximum atomic E-state index is 12.3. The van der Waals surface area contributed by atoms with E-state index in [1.807, 2.05) is 35.1 Å². The molecular weight excluding hydrogens is 496 g/mol. The molecule has 0 bridgehead atoms. The maximum absolute atomic E-state index is 12.3. The SMILES string of the molecule is CCOC(=O)Cn1cnc2c(-n3ncc4c(CC)cccc43)nc(N3CCN(c4ccc(O)cc4)CC3)nc21. The second-order valence-corrected chi connectivity index (χ2v) is 9.45. The first-order valence-electron chi connectivity index (χ1n) is 13.2. The van der Waals surface area contributed by atoms with Gasteiger partial charge < -0.3 is 24.2 Å². The van der Waals surface area contributed by atoms with Gasteiger partial charge in [-0.05, 0) is 49.2 Å². The molecule has 11 nitrogen and oxygen atoms in total. The highest BCUT2D eigenvalue weighted by atomic mass is 16.5. The van der Waals surface area contributed by atoms with Gasteiger partial charge in [0.1, 0.15) is 12.3 Å². The first kappa shape index (κ1) is 24.7. The molecule has 0 radical (unpaired) electrons. The number of nitrogens with zero attached hydrogens (tertiary/aromatic N) is 8. The van der Waals surface area contributed by atoms with Crippen LogP contribution in [0, 0.1) is 0 Å². The number of imidazole rings is 1. The van der Waals surface area contributed by atoms with Crippen molar-refractivity contribution in [2.45, 2.75) is 26.8 Å². The summed E-state index contributed by atoms with van der Waals surface area (Å²) in [6.45, 7) is 7.18. The summed E-state index contributed by atoms with van der Waals surface area (Å²) in [7, 11) is 0. The van der Waals surface area contributed by atoms with E-state index >= 15 is 0 Å². The number of phenols is 1. The number of fused-ring (bicyclic) bond motifs is 2. The van der Waals surface area contributed by atoms with Crippen LogP contribution in [0.25, 0.3) is 27.9 Å². The van der Waals surface area contributed by atoms with Crippen LogP contribution in [0.3, 0.4) is 0 Å². The summed E-state index contributed by atoms with van der Waals surface area (Å²) in [5.41, 5.74) is 4.34. The molecule has 0 amide bonds. The lowest BCUT2D eigenvalue weighted by atomic mass is 10.1. The van der Waals surface area contributed by atoms with Crippen molar-refractivity contribution in [3.05, 3.63) is 60.6 Å². The van der Waals surface area contributed by atoms with Crippen LogP contribution >= 0.6 is 0 Å². The van der Waals surface area contributed by atoms with Crippen LogP contribution in [0.4, 0.5) is 11.6 Å². The maximum Gasteiger partial charge on any atom is 0.326 e. The topological polar surface area (TPSA) is 114 Å². The van der Waals surface area contributed by atoms with E-state index in [0.29, 0.717) is 42.6 Å². The number of aromatic nitrogens is 6. The molecule has 200 valence electrons. The van der Waals surface area contributed by atoms with Crippen molar-refractivity contribution in [1.82, 2.24) is 29.3 Å². The summed E-state index contributed by atoms with van der Waals surface area (Å²) in [4.78, 5) is 31.2. The van der Waals surface area contributed by atoms with E-state index in [1.165, 1.54) is 5.56 Å². The Hall–Kier alpha value is -4.67. The molecule has 5 aromatic rings. The van der Waals surface area contributed by atoms with Gasteiger partial charge in [-0.25, -0.2) is 9.67 Å². The van der Waals surface area contributed by atoms with E-state index in [9.17, 15) is 9.90 Å². The second-order valence-electron chi connectivity index (χ2n) is 9.45. The van der Waals surface area contributed by atoms with Crippen molar-refractivity contribution >= 4 is 39.7 Å². The summed E-state index contributed by atoms with van der Waals surface area (Å²) < 4.78 is 8.70. The van der Waals surface area contributed by atoms with E-state index in [1.54, 1.807) is 30.0 Å². The van der Waals surface area contributed by atoms with E-state index in [2.05, 4.69) is 27.8 Å². The average Bonchev–Trinajstić information content (AvgIpc) is 3.57. The van der Waals surface area contributed by atoms with Gasteiger partial charge in [0.05, 0.1) is 24.6 Å². The monoisotopic (exact) mass is 526 g/mol. The Morgan fingerprint density at radius 1 is 1.00 bits per heavy atom. The third-order valence-corrected chi connectivity index (χ3v) is 7.10. The molecule has 1 N–H and O–H groups in total. The lowest BCUT2D eigenvalue weighted by Gasteiger charge is -2.36. The van der Waals surface area contributed by atoms with Crippen LogP contribution in [0.5, 0.6) is 5.75 Å². The lowest BCUT2D eigenvalue weighted by Crippen LogP contribution is -2.47. The summed E-state index contributed by atoms with van der Waals surface area (Å²) in [6.07, 6.45) is 4.37. The predicted molar refractivity (Wildman–Crippen MR) is 148 cm³/mol. The Bertz CT molecular complexity index is 1630. The van der Waals surface area contributed by atoms with Gasteiger partial charge in [0.25, 0.3) is 0 Å². The zero-order chi connectivity index (χ0) is 26.9. The smallest absolute Gasteiger partial charge is 0.326 e. The fourth-order valence-corrected chi connectivity index (χ4v) is 5.08. The largest absolute Gasteiger partial charge is 0.508 e. The van der Waals surface area contributed by atoms with Crippen molar-refractivity contribution in [3.8, 4) is 11.6 Å². The van der Waals surface area contributed by atoms with Gasteiger partial charge in [0.2, 0.25) is 5.95 Å². The first-order chi connectivity index (χ1) is 19.1. The quantitative estimate of drug-likeness (QED) is 0.319. The number of aryl methyl sites for hydroxylation is 1. The number of piperazine rings is 1. The number of hydrogen-bond acceptors (Lipinski definition) is 9. The van der Waals surface area contributed by atoms with Crippen molar-refractivity contribution in [2.75, 3.05) is 42.6 Å². The number of hydrogen-bond donors (Lipinski definition) is 1. The molecule has 0 saturated carbocycles. The Balaban J connectivity index is 1.40. The van der Waals surface area contributed by atoms with Crippen molar-refractivity contribution < 1.29 is 14.6 Å². The van der Waals surface area contributed by atoms with E-state index in [-0.39, 0.29) is 18.3 Å². The molecule has 4 heterocycles. The highest BCUT2D eigenvalue weighted by molar-refractivity contribution is 5.88. The number of esters is 1. The van der Waals surface area contributed by atoms with Gasteiger partial charge in [0.15, 0.2) is 17.0 Å². The molecule has 0 aliphatic carbocycles. The standard InChI is InChI=1S/C28H30N8O3/c1-3-19-6-5-7-23-22(19)16-30-36(23)27-25-26(35(18-29-25)17-24(38)39-4-2)31-28(32-27)34-14-12-33(13-15-34)20-8-10-21(37)11-9-20/h5-11,16,18,37H,3-4,12-15,17H2,1-2H3. The van der Waals surface area contributed by atoms with E-state index in [4.69, 9.17) is 19.8 Å². The second kappa shape index (κ2) is 10.2. The molecular formula is C28H30N8O3. The zero-order valence-corrected chi connectivity index (χ0v) is 22.0. The third kappa shape index (κ3) is 4.60. The fraction of sp³-hybridized carbons (Fsp3) is 0.321. The number of aromatic hydroxyl groups is 1. The normalized spacial score (nSPS) is 13.9. The molecule has 0 atom stereocenters. The summed E-state index contributed by atoms with van der Waals surface area (Å²) in [6, 6.07) is 13.4. The Morgan fingerprint density at radius 3 is 2.51 bits per heavy atom. The highest BCUT2D eigenvalue weighted by Gasteiger charge is 2.24. The molecule has 6 rings (SSSR count). The van der Waals surface area contributed by atoms with Crippen LogP contribution in [0.1, 0.15) is 19.4 Å². The van der Waals surface area contributed by atoms with Crippen LogP contribution in [0.15, 0.2) is 55.0 Å². The Kier molecular flexibility index (Phi) is 6.47. The van der Waals surface area contributed by atoms with Gasteiger partial charge in [0, 0.05) is 37.3 Å². The molecule has 39 heavy (non-hydrogen) atoms. The van der Waals surface area contributed by atoms with Gasteiger partial charge in [-0.15, -0.1) is 0 Å². The molecule has 3 aromatic heterocycles. The average molecular weight is 527 g/mol. The fourth-order valence-electron chi connectivity index (χ4n) is 5.08. The number of rotatable bonds is 7. The van der Waals surface area contributed by atoms with Crippen LogP contribution in [-0.4, -0.2) is 73.2 Å². The number of ether oxygens (including phenoxy) is 1. The number of anilines is 2. The number of benzene rings is 2. The highest BCUT2D eigenvalue weighted by Crippen LogP contribution is 2.28. The minimum absolute atomic E-state index is 0.00863. The molecule has 2 aromatic carbocycles. The minimum atomic E-state index is -0.349. The summed E-state index contributed by atoms with van der Waals surface area (Å²) >= 11 is 0. The minimum Gasteiger partial charge on any atom is -0.508 e. The molecule has 0 unspecified atom stereocenters. The predicted octanol–water partition coefficient (Wildman–Crippen LogP) is 3.32. The van der Waals surface area contributed by atoms with Gasteiger partial charge in [-0.1, -0.05) is 19.1 Å². The van der Waals surface area contributed by atoms with Crippen LogP contribution in [0.2, 0.25) is 0 Å². The van der Waals surface area contributed by atoms with Crippen molar-refractivity contribution in [2.24, 2.45) is 0 Å². The Labute approximate surface area is 225 Å². The lowest BCUT2D eigenvalue weighted by molar-refractivity contribution is -0.143. The molecule has 1 aliphatic rings. The van der Waals surface area contributed by atoms with Crippen LogP contribution < -0.4 is 9.80 Å². The van der Waals surface area contributed by atoms with Gasteiger partial charge in [-0.3, -0.25) is 4.79 Å². The number of carbonyl (C=O) groups excluding carboxylic acids is 1. The van der Waals surface area contributed by atoms with Crippen molar-refractivity contribution in [1.29, 1.82) is 0 Å². The van der Waals surface area contributed by atoms with Gasteiger partial charge >= 0.3 is 5.97 Å².